The molecule has 2 N–H and O–H groups in total. The molecule has 0 spiro atoms. The van der Waals surface area contributed by atoms with Gasteiger partial charge in [-0.1, -0.05) is 0 Å². The van der Waals surface area contributed by atoms with Crippen molar-refractivity contribution in [3.8, 4) is 0 Å². The van der Waals surface area contributed by atoms with Gasteiger partial charge in [0.15, 0.2) is 0 Å². The average molecular weight is 299 g/mol. The first-order chi connectivity index (χ1) is 9.56. The topological polar surface area (TPSA) is 80.3 Å². The van der Waals surface area contributed by atoms with Crippen LogP contribution in [0.5, 0.6) is 0 Å². The minimum atomic E-state index is -3.56. The van der Waals surface area contributed by atoms with Crippen LogP contribution in [-0.2, 0) is 14.8 Å². The number of anilines is 1. The molecule has 1 aliphatic rings. The fourth-order valence-electron chi connectivity index (χ4n) is 2.47. The maximum absolute atomic E-state index is 12.4. The molecule has 20 heavy (non-hydrogen) atoms. The minimum Gasteiger partial charge on any atom is -0.384 e. The summed E-state index contributed by atoms with van der Waals surface area (Å²) in [6.07, 6.45) is 5.50. The second-order valence-electron chi connectivity index (χ2n) is 4.89. The van der Waals surface area contributed by atoms with E-state index in [4.69, 9.17) is 4.74 Å². The Bertz CT molecular complexity index is 548. The average Bonchev–Trinajstić information content (AvgIpc) is 2.86. The van der Waals surface area contributed by atoms with E-state index in [2.05, 4.69) is 15.0 Å². The molecule has 1 fully saturated rings. The molecule has 112 valence electrons. The van der Waals surface area contributed by atoms with Crippen LogP contribution in [0.15, 0.2) is 23.4 Å². The van der Waals surface area contributed by atoms with Gasteiger partial charge in [0.25, 0.3) is 0 Å². The molecule has 0 aromatic carbocycles. The van der Waals surface area contributed by atoms with Crippen molar-refractivity contribution in [3.63, 3.8) is 0 Å². The first kappa shape index (κ1) is 15.2. The summed E-state index contributed by atoms with van der Waals surface area (Å²) < 4.78 is 32.9. The van der Waals surface area contributed by atoms with Crippen LogP contribution in [0.4, 0.5) is 5.69 Å². The van der Waals surface area contributed by atoms with Crippen LogP contribution in [0.25, 0.3) is 0 Å². The van der Waals surface area contributed by atoms with E-state index < -0.39 is 10.0 Å². The van der Waals surface area contributed by atoms with Crippen LogP contribution in [-0.4, -0.2) is 39.2 Å². The summed E-state index contributed by atoms with van der Waals surface area (Å²) in [4.78, 5) is 4.11. The lowest BCUT2D eigenvalue weighted by molar-refractivity contribution is 0.107. The van der Waals surface area contributed by atoms with Gasteiger partial charge in [-0.2, -0.15) is 0 Å². The molecule has 0 amide bonds. The van der Waals surface area contributed by atoms with Crippen molar-refractivity contribution in [2.45, 2.75) is 43.2 Å². The van der Waals surface area contributed by atoms with Gasteiger partial charge in [0.2, 0.25) is 10.0 Å². The summed E-state index contributed by atoms with van der Waals surface area (Å²) in [7, 11) is -1.90. The zero-order chi connectivity index (χ0) is 14.6. The number of nitrogens with one attached hydrogen (secondary N) is 2. The number of hydrogen-bond acceptors (Lipinski definition) is 5. The van der Waals surface area contributed by atoms with Gasteiger partial charge in [-0.05, 0) is 32.3 Å². The molecule has 1 saturated carbocycles. The van der Waals surface area contributed by atoms with E-state index in [1.54, 1.807) is 19.4 Å². The Morgan fingerprint density at radius 1 is 1.45 bits per heavy atom. The Morgan fingerprint density at radius 3 is 2.90 bits per heavy atom. The SMILES string of the molecule is CCNc1ccncc1S(=O)(=O)NC1CCC(OC)C1. The Balaban J connectivity index is 2.14. The quantitative estimate of drug-likeness (QED) is 0.829. The highest BCUT2D eigenvalue weighted by Gasteiger charge is 2.29. The van der Waals surface area contributed by atoms with Gasteiger partial charge in [0.1, 0.15) is 4.90 Å². The van der Waals surface area contributed by atoms with E-state index in [1.807, 2.05) is 6.92 Å². The number of aromatic nitrogens is 1. The Labute approximate surface area is 120 Å². The van der Waals surface area contributed by atoms with Crippen LogP contribution in [0.3, 0.4) is 0 Å². The summed E-state index contributed by atoms with van der Waals surface area (Å²) in [6, 6.07) is 1.60. The maximum atomic E-state index is 12.4. The molecule has 2 atom stereocenters. The molecular weight excluding hydrogens is 278 g/mol. The summed E-state index contributed by atoms with van der Waals surface area (Å²) >= 11 is 0. The third kappa shape index (κ3) is 3.47. The number of ether oxygens (including phenoxy) is 1. The normalized spacial score (nSPS) is 22.9. The number of hydrogen-bond donors (Lipinski definition) is 2. The monoisotopic (exact) mass is 299 g/mol. The van der Waals surface area contributed by atoms with E-state index in [-0.39, 0.29) is 17.0 Å². The molecule has 1 aromatic heterocycles. The number of sulfonamides is 1. The fourth-order valence-corrected chi connectivity index (χ4v) is 3.88. The van der Waals surface area contributed by atoms with Gasteiger partial charge in [0, 0.05) is 32.1 Å². The van der Waals surface area contributed by atoms with E-state index >= 15 is 0 Å². The van der Waals surface area contributed by atoms with Crippen molar-refractivity contribution in [2.24, 2.45) is 0 Å². The Morgan fingerprint density at radius 2 is 2.25 bits per heavy atom. The largest absolute Gasteiger partial charge is 0.384 e. The van der Waals surface area contributed by atoms with Crippen molar-refractivity contribution in [3.05, 3.63) is 18.5 Å². The predicted molar refractivity (Wildman–Crippen MR) is 77.2 cm³/mol. The van der Waals surface area contributed by atoms with Crippen molar-refractivity contribution in [1.29, 1.82) is 0 Å². The van der Waals surface area contributed by atoms with Crippen LogP contribution in [0, 0.1) is 0 Å². The highest BCUT2D eigenvalue weighted by Crippen LogP contribution is 2.25. The molecule has 2 rings (SSSR count). The van der Waals surface area contributed by atoms with Crippen molar-refractivity contribution in [1.82, 2.24) is 9.71 Å². The fraction of sp³-hybridized carbons (Fsp3) is 0.615. The molecule has 1 aliphatic carbocycles. The van der Waals surface area contributed by atoms with Crippen LogP contribution in [0.1, 0.15) is 26.2 Å². The van der Waals surface area contributed by atoms with E-state index in [1.165, 1.54) is 6.20 Å². The zero-order valence-corrected chi connectivity index (χ0v) is 12.6. The van der Waals surface area contributed by atoms with E-state index in [9.17, 15) is 8.42 Å². The van der Waals surface area contributed by atoms with Gasteiger partial charge in [-0.15, -0.1) is 0 Å². The van der Waals surface area contributed by atoms with Gasteiger partial charge in [-0.3, -0.25) is 4.98 Å². The van der Waals surface area contributed by atoms with E-state index in [0.717, 1.165) is 12.8 Å². The standard InChI is InChI=1S/C13H21N3O3S/c1-3-15-12-6-7-14-9-13(12)20(17,18)16-10-4-5-11(8-10)19-2/h6-7,9-11,16H,3-5,8H2,1-2H3,(H,14,15). The maximum Gasteiger partial charge on any atom is 0.244 e. The third-order valence-corrected chi connectivity index (χ3v) is 5.03. The van der Waals surface area contributed by atoms with Gasteiger partial charge < -0.3 is 10.1 Å². The number of pyridine rings is 1. The predicted octanol–water partition coefficient (Wildman–Crippen LogP) is 1.36. The second-order valence-corrected chi connectivity index (χ2v) is 6.57. The Hall–Kier alpha value is -1.18. The molecule has 0 aliphatic heterocycles. The summed E-state index contributed by atoms with van der Waals surface area (Å²) in [5, 5.41) is 3.04. The van der Waals surface area contributed by atoms with Crippen molar-refractivity contribution in [2.75, 3.05) is 19.0 Å². The van der Waals surface area contributed by atoms with Gasteiger partial charge in [-0.25, -0.2) is 13.1 Å². The highest BCUT2D eigenvalue weighted by molar-refractivity contribution is 7.89. The first-order valence-electron chi connectivity index (χ1n) is 6.79. The molecule has 2 unspecified atom stereocenters. The van der Waals surface area contributed by atoms with Crippen LogP contribution in [0.2, 0.25) is 0 Å². The van der Waals surface area contributed by atoms with Crippen molar-refractivity contribution >= 4 is 15.7 Å². The van der Waals surface area contributed by atoms with Gasteiger partial charge >= 0.3 is 0 Å². The highest BCUT2D eigenvalue weighted by atomic mass is 32.2. The second kappa shape index (κ2) is 6.51. The molecule has 7 heteroatoms. The third-order valence-electron chi connectivity index (χ3n) is 3.48. The van der Waals surface area contributed by atoms with E-state index in [0.29, 0.717) is 18.7 Å². The number of methoxy groups -OCH3 is 1. The summed E-state index contributed by atoms with van der Waals surface area (Å²) in [5.41, 5.74) is 0.580. The zero-order valence-electron chi connectivity index (χ0n) is 11.8. The first-order valence-corrected chi connectivity index (χ1v) is 8.28. The number of rotatable bonds is 6. The smallest absolute Gasteiger partial charge is 0.244 e. The lowest BCUT2D eigenvalue weighted by Gasteiger charge is -2.15. The summed E-state index contributed by atoms with van der Waals surface area (Å²) in [5.74, 6) is 0. The minimum absolute atomic E-state index is 0.0698. The lowest BCUT2D eigenvalue weighted by atomic mass is 10.3. The molecule has 1 aromatic rings. The van der Waals surface area contributed by atoms with Crippen LogP contribution >= 0.6 is 0 Å². The molecule has 6 nitrogen and oxygen atoms in total. The molecule has 1 heterocycles. The van der Waals surface area contributed by atoms with Crippen LogP contribution < -0.4 is 10.0 Å². The molecule has 0 radical (unpaired) electrons. The molecule has 0 saturated heterocycles. The molecular formula is C13H21N3O3S. The molecule has 0 bridgehead atoms. The van der Waals surface area contributed by atoms with Gasteiger partial charge in [0.05, 0.1) is 11.8 Å². The summed E-state index contributed by atoms with van der Waals surface area (Å²) in [6.45, 7) is 2.58. The Kier molecular flexibility index (Phi) is 4.95. The lowest BCUT2D eigenvalue weighted by Crippen LogP contribution is -2.34. The van der Waals surface area contributed by atoms with Crippen molar-refractivity contribution < 1.29 is 13.2 Å². The number of nitrogens with zero attached hydrogens (tertiary/aromatic N) is 1.